The fourth-order valence-corrected chi connectivity index (χ4v) is 0.836. The molecular weight excluding hydrogens is 317 g/mol. The maximum atomic E-state index is 12.9. The Hall–Kier alpha value is -0.491. The fourth-order valence-electron chi connectivity index (χ4n) is 0.836. The molecule has 0 bridgehead atoms. The largest absolute Gasteiger partial charge is 0.363 e. The molecule has 0 saturated carbocycles. The standard InChI is InChI=1S/C10H11F7.Cu/c1-4-9(14,15)10(16,17)8(13)7(12)6(11)5(2)3;/h4H2,1-3H3;. The molecule has 111 valence electrons. The van der Waals surface area contributed by atoms with Gasteiger partial charge in [0, 0.05) is 23.5 Å². The van der Waals surface area contributed by atoms with Crippen LogP contribution in [-0.2, 0) is 17.1 Å². The van der Waals surface area contributed by atoms with Gasteiger partial charge in [-0.15, -0.1) is 0 Å². The van der Waals surface area contributed by atoms with Crippen molar-refractivity contribution in [2.75, 3.05) is 0 Å². The first-order valence-electron chi connectivity index (χ1n) is 4.63. The number of rotatable bonds is 4. The Labute approximate surface area is 110 Å². The van der Waals surface area contributed by atoms with E-state index in [0.717, 1.165) is 13.8 Å². The van der Waals surface area contributed by atoms with E-state index in [4.69, 9.17) is 0 Å². The second kappa shape index (κ2) is 6.61. The molecule has 0 heterocycles. The summed E-state index contributed by atoms with van der Waals surface area (Å²) in [5.41, 5.74) is -0.437. The first-order valence-corrected chi connectivity index (χ1v) is 4.63. The SMILES string of the molecule is CCC(F)(F)C(F)(F)C(F)=C(F)C(F)=C(C)C.[Cu]. The molecule has 0 aliphatic carbocycles. The Bertz CT molecular complexity index is 353. The van der Waals surface area contributed by atoms with Crippen molar-refractivity contribution in [1.29, 1.82) is 0 Å². The quantitative estimate of drug-likeness (QED) is 0.384. The average Bonchev–Trinajstić information content (AvgIpc) is 2.25. The van der Waals surface area contributed by atoms with E-state index in [1.54, 1.807) is 0 Å². The minimum Gasteiger partial charge on any atom is -0.204 e. The van der Waals surface area contributed by atoms with Gasteiger partial charge in [0.25, 0.3) is 0 Å². The molecule has 0 aromatic rings. The van der Waals surface area contributed by atoms with Crippen molar-refractivity contribution in [2.24, 2.45) is 0 Å². The first-order chi connectivity index (χ1) is 7.49. The van der Waals surface area contributed by atoms with Gasteiger partial charge < -0.3 is 0 Å². The zero-order valence-corrected chi connectivity index (χ0v) is 10.6. The zero-order chi connectivity index (χ0) is 14.0. The Balaban J connectivity index is 0. The number of hydrogen-bond donors (Lipinski definition) is 0. The van der Waals surface area contributed by atoms with Crippen LogP contribution >= 0.6 is 0 Å². The zero-order valence-electron chi connectivity index (χ0n) is 9.65. The van der Waals surface area contributed by atoms with Crippen molar-refractivity contribution in [3.63, 3.8) is 0 Å². The molecule has 0 fully saturated rings. The van der Waals surface area contributed by atoms with Crippen LogP contribution in [0.2, 0.25) is 0 Å². The number of hydrogen-bond acceptors (Lipinski definition) is 0. The van der Waals surface area contributed by atoms with E-state index in [1.807, 2.05) is 0 Å². The minimum atomic E-state index is -5.38. The Morgan fingerprint density at radius 1 is 0.889 bits per heavy atom. The number of alkyl halides is 4. The van der Waals surface area contributed by atoms with Crippen LogP contribution in [0, 0.1) is 0 Å². The molecule has 0 aliphatic heterocycles. The Morgan fingerprint density at radius 3 is 1.56 bits per heavy atom. The van der Waals surface area contributed by atoms with Gasteiger partial charge in [-0.3, -0.25) is 0 Å². The molecule has 0 N–H and O–H groups in total. The van der Waals surface area contributed by atoms with E-state index in [9.17, 15) is 30.7 Å². The van der Waals surface area contributed by atoms with Crippen molar-refractivity contribution in [2.45, 2.75) is 39.0 Å². The maximum absolute atomic E-state index is 12.9. The fraction of sp³-hybridized carbons (Fsp3) is 0.600. The number of halogens is 7. The third-order valence-corrected chi connectivity index (χ3v) is 2.00. The van der Waals surface area contributed by atoms with Crippen molar-refractivity contribution in [3.05, 3.63) is 23.1 Å². The van der Waals surface area contributed by atoms with Gasteiger partial charge in [-0.1, -0.05) is 6.92 Å². The third kappa shape index (κ3) is 3.75. The molecule has 0 aliphatic rings. The van der Waals surface area contributed by atoms with Gasteiger partial charge in [0.15, 0.2) is 11.7 Å². The van der Waals surface area contributed by atoms with Crippen molar-refractivity contribution in [1.82, 2.24) is 0 Å². The molecule has 0 rings (SSSR count). The minimum absolute atomic E-state index is 0. The van der Waals surface area contributed by atoms with Gasteiger partial charge in [0.2, 0.25) is 5.83 Å². The number of allylic oxidation sites excluding steroid dienone is 4. The summed E-state index contributed by atoms with van der Waals surface area (Å²) in [6, 6.07) is 0. The molecule has 0 aromatic carbocycles. The second-order valence-corrected chi connectivity index (χ2v) is 3.57. The predicted molar refractivity (Wildman–Crippen MR) is 48.9 cm³/mol. The summed E-state index contributed by atoms with van der Waals surface area (Å²) in [6.45, 7) is 2.65. The van der Waals surface area contributed by atoms with Crippen LogP contribution < -0.4 is 0 Å². The molecule has 0 spiro atoms. The molecule has 0 aromatic heterocycles. The van der Waals surface area contributed by atoms with Gasteiger partial charge in [-0.25, -0.2) is 13.2 Å². The molecule has 0 saturated heterocycles. The van der Waals surface area contributed by atoms with Gasteiger partial charge in [0.05, 0.1) is 0 Å². The van der Waals surface area contributed by atoms with Crippen LogP contribution in [0.5, 0.6) is 0 Å². The van der Waals surface area contributed by atoms with E-state index < -0.39 is 41.3 Å². The van der Waals surface area contributed by atoms with Crippen LogP contribution in [0.3, 0.4) is 0 Å². The van der Waals surface area contributed by atoms with E-state index in [-0.39, 0.29) is 17.1 Å². The summed E-state index contributed by atoms with van der Waals surface area (Å²) in [4.78, 5) is 0. The van der Waals surface area contributed by atoms with Gasteiger partial charge >= 0.3 is 11.8 Å². The maximum Gasteiger partial charge on any atom is 0.363 e. The summed E-state index contributed by atoms with van der Waals surface area (Å²) in [7, 11) is 0. The molecule has 1 radical (unpaired) electrons. The molecular formula is C10H11CuF7. The molecule has 0 nitrogen and oxygen atoms in total. The molecule has 18 heavy (non-hydrogen) atoms. The van der Waals surface area contributed by atoms with Gasteiger partial charge in [-0.2, -0.15) is 17.6 Å². The normalized spacial score (nSPS) is 13.7. The van der Waals surface area contributed by atoms with Crippen molar-refractivity contribution in [3.8, 4) is 0 Å². The van der Waals surface area contributed by atoms with Gasteiger partial charge in [-0.05, 0) is 19.4 Å². The Morgan fingerprint density at radius 2 is 1.28 bits per heavy atom. The van der Waals surface area contributed by atoms with Crippen LogP contribution in [0.1, 0.15) is 27.2 Å². The monoisotopic (exact) mass is 327 g/mol. The topological polar surface area (TPSA) is 0 Å². The smallest absolute Gasteiger partial charge is 0.204 e. The summed E-state index contributed by atoms with van der Waals surface area (Å²) >= 11 is 0. The summed E-state index contributed by atoms with van der Waals surface area (Å²) in [5, 5.41) is 0. The van der Waals surface area contributed by atoms with Crippen molar-refractivity contribution >= 4 is 0 Å². The average molecular weight is 328 g/mol. The molecule has 0 amide bonds. The van der Waals surface area contributed by atoms with Gasteiger partial charge in [0.1, 0.15) is 0 Å². The second-order valence-electron chi connectivity index (χ2n) is 3.57. The molecule has 0 atom stereocenters. The summed E-state index contributed by atoms with van der Waals surface area (Å²) in [6.07, 6.45) is -1.41. The third-order valence-electron chi connectivity index (χ3n) is 2.00. The van der Waals surface area contributed by atoms with E-state index in [0.29, 0.717) is 6.92 Å². The molecule has 0 unspecified atom stereocenters. The van der Waals surface area contributed by atoms with E-state index in [1.165, 1.54) is 0 Å². The van der Waals surface area contributed by atoms with E-state index >= 15 is 0 Å². The summed E-state index contributed by atoms with van der Waals surface area (Å²) < 4.78 is 89.6. The van der Waals surface area contributed by atoms with Crippen LogP contribution in [0.4, 0.5) is 30.7 Å². The first kappa shape index (κ1) is 19.8. The Kier molecular flexibility index (Phi) is 7.29. The predicted octanol–water partition coefficient (Wildman–Crippen LogP) is 5.08. The summed E-state index contributed by atoms with van der Waals surface area (Å²) in [5.74, 6) is -17.8. The molecule has 8 heteroatoms. The van der Waals surface area contributed by atoms with Crippen LogP contribution in [-0.4, -0.2) is 11.8 Å². The van der Waals surface area contributed by atoms with E-state index in [2.05, 4.69) is 0 Å². The van der Waals surface area contributed by atoms with Crippen molar-refractivity contribution < 1.29 is 47.8 Å². The van der Waals surface area contributed by atoms with Crippen LogP contribution in [0.25, 0.3) is 0 Å². The van der Waals surface area contributed by atoms with Crippen LogP contribution in [0.15, 0.2) is 23.1 Å².